The van der Waals surface area contributed by atoms with Crippen LogP contribution < -0.4 is 10.2 Å². The molecule has 0 unspecified atom stereocenters. The van der Waals surface area contributed by atoms with Gasteiger partial charge in [-0.2, -0.15) is 37.4 Å². The minimum absolute atomic E-state index is 0.0802. The highest BCUT2D eigenvalue weighted by Crippen LogP contribution is 2.40. The number of hydrogen-bond acceptors (Lipinski definition) is 9. The van der Waals surface area contributed by atoms with E-state index in [0.29, 0.717) is 41.8 Å². The lowest BCUT2D eigenvalue weighted by atomic mass is 9.83. The van der Waals surface area contributed by atoms with Gasteiger partial charge in [0.25, 0.3) is 10.2 Å². The van der Waals surface area contributed by atoms with Gasteiger partial charge >= 0.3 is 0 Å². The molecule has 3 atom stereocenters. The molecule has 6 heterocycles. The Labute approximate surface area is 214 Å². The van der Waals surface area contributed by atoms with Crippen LogP contribution >= 0.6 is 0 Å². The highest BCUT2D eigenvalue weighted by Gasteiger charge is 2.50. The zero-order chi connectivity index (χ0) is 25.7. The molecule has 3 aromatic rings. The molecule has 14 heteroatoms. The van der Waals surface area contributed by atoms with E-state index in [9.17, 15) is 13.5 Å². The fourth-order valence-corrected chi connectivity index (χ4v) is 7.96. The highest BCUT2D eigenvalue weighted by atomic mass is 32.2. The highest BCUT2D eigenvalue weighted by molar-refractivity contribution is 7.86. The van der Waals surface area contributed by atoms with Crippen molar-refractivity contribution in [3.8, 4) is 6.07 Å². The third-order valence-corrected chi connectivity index (χ3v) is 9.90. The molecule has 3 fully saturated rings. The molecule has 3 saturated heterocycles. The number of nitriles is 1. The normalized spacial score (nSPS) is 25.1. The fourth-order valence-electron chi connectivity index (χ4n) is 5.82. The van der Waals surface area contributed by atoms with Gasteiger partial charge in [-0.15, -0.1) is 0 Å². The summed E-state index contributed by atoms with van der Waals surface area (Å²) in [6.45, 7) is 0.431. The number of aliphatic hydroxyl groups excluding tert-OH is 1. The molecule has 2 bridgehead atoms. The van der Waals surface area contributed by atoms with Crippen LogP contribution in [0.2, 0.25) is 0 Å². The second-order valence-electron chi connectivity index (χ2n) is 10.1. The van der Waals surface area contributed by atoms with Crippen molar-refractivity contribution >= 4 is 38.8 Å². The van der Waals surface area contributed by atoms with Crippen molar-refractivity contribution in [2.75, 3.05) is 30.4 Å². The number of aliphatic hydroxyl groups is 1. The van der Waals surface area contributed by atoms with Gasteiger partial charge in [0.1, 0.15) is 11.5 Å². The molecule has 6 rings (SSSR count). The summed E-state index contributed by atoms with van der Waals surface area (Å²) in [5.74, 6) is 1.46. The largest absolute Gasteiger partial charge is 0.390 e. The molecule has 0 amide bonds. The molecule has 13 nitrogen and oxygen atoms in total. The van der Waals surface area contributed by atoms with Crippen molar-refractivity contribution in [3.63, 3.8) is 0 Å². The number of aromatic nitrogens is 5. The summed E-state index contributed by atoms with van der Waals surface area (Å²) in [4.78, 5) is 14.8. The SMILES string of the molecule is CN(c1nc(Nc2cc(CO)[nH]n2)c2cc[nH]c2n1)[C@@H]1C[C@H]2CCC[C@@H](C1)N2S(=O)(=O)N1CC(C#N)C1. The molecule has 3 aliphatic heterocycles. The first-order valence-corrected chi connectivity index (χ1v) is 14.0. The third-order valence-electron chi connectivity index (χ3n) is 7.82. The molecule has 3 aliphatic rings. The van der Waals surface area contributed by atoms with E-state index in [0.717, 1.165) is 24.6 Å². The van der Waals surface area contributed by atoms with Crippen molar-refractivity contribution in [2.24, 2.45) is 5.92 Å². The molecule has 0 aliphatic carbocycles. The first-order chi connectivity index (χ1) is 17.9. The van der Waals surface area contributed by atoms with Crippen LogP contribution in [0.3, 0.4) is 0 Å². The Bertz CT molecular complexity index is 1430. The lowest BCUT2D eigenvalue weighted by molar-refractivity contribution is 0.0930. The van der Waals surface area contributed by atoms with Crippen LogP contribution in [0.15, 0.2) is 18.3 Å². The van der Waals surface area contributed by atoms with E-state index in [1.807, 2.05) is 13.1 Å². The van der Waals surface area contributed by atoms with Gasteiger partial charge in [0.05, 0.1) is 29.7 Å². The number of aromatic amines is 2. The summed E-state index contributed by atoms with van der Waals surface area (Å²) in [6.07, 6.45) is 5.84. The van der Waals surface area contributed by atoms with Crippen molar-refractivity contribution in [1.82, 2.24) is 33.8 Å². The number of H-pyrrole nitrogens is 2. The Morgan fingerprint density at radius 2 is 2.03 bits per heavy atom. The third kappa shape index (κ3) is 4.21. The van der Waals surface area contributed by atoms with Crippen LogP contribution in [0, 0.1) is 17.2 Å². The van der Waals surface area contributed by atoms with E-state index in [1.54, 1.807) is 16.6 Å². The number of rotatable bonds is 7. The number of hydrogen-bond donors (Lipinski definition) is 4. The summed E-state index contributed by atoms with van der Waals surface area (Å²) in [7, 11) is -1.62. The maximum Gasteiger partial charge on any atom is 0.282 e. The Kier molecular flexibility index (Phi) is 6.03. The molecule has 0 spiro atoms. The minimum atomic E-state index is -3.58. The number of piperidine rings is 2. The van der Waals surface area contributed by atoms with Gasteiger partial charge in [0, 0.05) is 50.5 Å². The predicted molar refractivity (Wildman–Crippen MR) is 136 cm³/mol. The summed E-state index contributed by atoms with van der Waals surface area (Å²) >= 11 is 0. The topological polar surface area (TPSA) is 170 Å². The summed E-state index contributed by atoms with van der Waals surface area (Å²) in [5.41, 5.74) is 1.27. The molecule has 196 valence electrons. The van der Waals surface area contributed by atoms with Gasteiger partial charge in [-0.3, -0.25) is 5.10 Å². The Morgan fingerprint density at radius 1 is 1.27 bits per heavy atom. The van der Waals surface area contributed by atoms with Gasteiger partial charge in [0.2, 0.25) is 5.95 Å². The zero-order valence-corrected chi connectivity index (χ0v) is 21.3. The number of nitrogens with one attached hydrogen (secondary N) is 3. The Balaban J connectivity index is 1.24. The zero-order valence-electron chi connectivity index (χ0n) is 20.5. The second-order valence-corrected chi connectivity index (χ2v) is 12.0. The van der Waals surface area contributed by atoms with Crippen LogP contribution in [0.5, 0.6) is 0 Å². The van der Waals surface area contributed by atoms with Crippen molar-refractivity contribution < 1.29 is 13.5 Å². The average molecular weight is 527 g/mol. The first-order valence-electron chi connectivity index (χ1n) is 12.6. The van der Waals surface area contributed by atoms with E-state index < -0.39 is 10.2 Å². The van der Waals surface area contributed by atoms with Crippen molar-refractivity contribution in [2.45, 2.75) is 56.8 Å². The number of anilines is 3. The van der Waals surface area contributed by atoms with Gasteiger partial charge < -0.3 is 20.3 Å². The van der Waals surface area contributed by atoms with Gasteiger partial charge in [0.15, 0.2) is 5.82 Å². The summed E-state index contributed by atoms with van der Waals surface area (Å²) in [5, 5.41) is 29.4. The first kappa shape index (κ1) is 24.1. The van der Waals surface area contributed by atoms with E-state index >= 15 is 0 Å². The molecular weight excluding hydrogens is 496 g/mol. The second kappa shape index (κ2) is 9.25. The monoisotopic (exact) mass is 526 g/mol. The smallest absolute Gasteiger partial charge is 0.282 e. The summed E-state index contributed by atoms with van der Waals surface area (Å²) < 4.78 is 30.0. The molecular formula is C23H30N10O3S. The maximum atomic E-state index is 13.4. The Hall–Kier alpha value is -3.25. The van der Waals surface area contributed by atoms with E-state index in [-0.39, 0.29) is 43.7 Å². The quantitative estimate of drug-likeness (QED) is 0.356. The van der Waals surface area contributed by atoms with Gasteiger partial charge in [-0.05, 0) is 31.7 Å². The van der Waals surface area contributed by atoms with E-state index in [4.69, 9.17) is 15.2 Å². The minimum Gasteiger partial charge on any atom is -0.390 e. The lowest BCUT2D eigenvalue weighted by Gasteiger charge is -2.51. The molecule has 4 N–H and O–H groups in total. The van der Waals surface area contributed by atoms with Crippen molar-refractivity contribution in [3.05, 3.63) is 24.0 Å². The van der Waals surface area contributed by atoms with Gasteiger partial charge in [-0.25, -0.2) is 0 Å². The standard InChI is InChI=1S/C23H30N10O3S/c1-31(23-27-21-19(5-6-25-21)22(28-23)26-20-7-15(13-34)29-30-20)18-8-16-3-2-4-17(9-18)33(16)37(35,36)32-11-14(10-24)12-32/h5-7,14,16-18,34H,2-4,8-9,11-13H2,1H3,(H3,25,26,27,28,29,30)/t16-,17+,18-. The molecule has 0 aromatic carbocycles. The predicted octanol–water partition coefficient (Wildman–Crippen LogP) is 1.44. The van der Waals surface area contributed by atoms with Crippen molar-refractivity contribution in [1.29, 1.82) is 5.26 Å². The lowest BCUT2D eigenvalue weighted by Crippen LogP contribution is -2.64. The van der Waals surface area contributed by atoms with Crippen LogP contribution in [-0.4, -0.2) is 85.5 Å². The Morgan fingerprint density at radius 3 is 2.70 bits per heavy atom. The fraction of sp³-hybridized carbons (Fsp3) is 0.565. The molecule has 3 aromatic heterocycles. The number of fused-ring (bicyclic) bond motifs is 3. The molecule has 0 radical (unpaired) electrons. The van der Waals surface area contributed by atoms with E-state index in [2.05, 4.69) is 31.5 Å². The van der Waals surface area contributed by atoms with E-state index in [1.165, 1.54) is 4.31 Å². The molecule has 0 saturated carbocycles. The number of nitrogens with zero attached hydrogens (tertiary/aromatic N) is 7. The van der Waals surface area contributed by atoms with Crippen LogP contribution in [0.4, 0.5) is 17.6 Å². The van der Waals surface area contributed by atoms with Crippen LogP contribution in [0.1, 0.15) is 37.8 Å². The average Bonchev–Trinajstić information content (AvgIpc) is 3.51. The maximum absolute atomic E-state index is 13.4. The summed E-state index contributed by atoms with van der Waals surface area (Å²) in [6, 6.07) is 5.68. The van der Waals surface area contributed by atoms with Crippen LogP contribution in [-0.2, 0) is 16.8 Å². The van der Waals surface area contributed by atoms with Gasteiger partial charge in [-0.1, -0.05) is 6.42 Å². The van der Waals surface area contributed by atoms with Crippen LogP contribution in [0.25, 0.3) is 11.0 Å². The molecule has 37 heavy (non-hydrogen) atoms.